The summed E-state index contributed by atoms with van der Waals surface area (Å²) >= 11 is 3.14. The number of likely N-dealkylation sites (N-methyl/N-ethyl adjacent to an activating group) is 1. The number of carbonyl (C=O) groups excluding carboxylic acids is 1. The first-order valence-electron chi connectivity index (χ1n) is 7.21. The number of hydrogen-bond acceptors (Lipinski definition) is 5. The first-order chi connectivity index (χ1) is 11.5. The van der Waals surface area contributed by atoms with Gasteiger partial charge < -0.3 is 10.0 Å². The molecule has 2 heterocycles. The molecule has 4 nitrogen and oxygen atoms in total. The van der Waals surface area contributed by atoms with Crippen LogP contribution >= 0.6 is 22.7 Å². The fourth-order valence-electron chi connectivity index (χ4n) is 2.21. The molecular formula is C17H15FN2O2S2. The van der Waals surface area contributed by atoms with Gasteiger partial charge in [0, 0.05) is 12.4 Å². The number of carbonyl (C=O) groups is 1. The molecule has 1 amide bonds. The van der Waals surface area contributed by atoms with Crippen LogP contribution in [0.25, 0.3) is 9.88 Å². The third-order valence-corrected chi connectivity index (χ3v) is 5.41. The van der Waals surface area contributed by atoms with E-state index >= 15 is 0 Å². The Morgan fingerprint density at radius 2 is 2.04 bits per heavy atom. The predicted octanol–water partition coefficient (Wildman–Crippen LogP) is 3.70. The highest BCUT2D eigenvalue weighted by atomic mass is 32.1. The number of benzene rings is 1. The van der Waals surface area contributed by atoms with E-state index in [9.17, 15) is 14.3 Å². The lowest BCUT2D eigenvalue weighted by Crippen LogP contribution is -2.31. The van der Waals surface area contributed by atoms with Gasteiger partial charge in [0.25, 0.3) is 5.91 Å². The number of rotatable bonds is 5. The van der Waals surface area contributed by atoms with Gasteiger partial charge >= 0.3 is 0 Å². The number of aromatic nitrogens is 1. The van der Waals surface area contributed by atoms with Crippen molar-refractivity contribution in [2.45, 2.75) is 12.6 Å². The molecule has 124 valence electrons. The van der Waals surface area contributed by atoms with Crippen molar-refractivity contribution in [1.29, 1.82) is 0 Å². The smallest absolute Gasteiger partial charge is 0.256 e. The lowest BCUT2D eigenvalue weighted by molar-refractivity contribution is -0.139. The van der Waals surface area contributed by atoms with Crippen molar-refractivity contribution >= 4 is 28.6 Å². The van der Waals surface area contributed by atoms with Crippen molar-refractivity contribution in [2.75, 3.05) is 7.05 Å². The summed E-state index contributed by atoms with van der Waals surface area (Å²) in [5.74, 6) is -0.859. The molecule has 7 heteroatoms. The maximum absolute atomic E-state index is 12.9. The lowest BCUT2D eigenvalue weighted by atomic mass is 10.1. The van der Waals surface area contributed by atoms with Crippen molar-refractivity contribution in [3.63, 3.8) is 0 Å². The van der Waals surface area contributed by atoms with E-state index in [1.807, 2.05) is 22.9 Å². The zero-order chi connectivity index (χ0) is 17.1. The van der Waals surface area contributed by atoms with Gasteiger partial charge in [0.1, 0.15) is 10.8 Å². The Kier molecular flexibility index (Phi) is 5.03. The van der Waals surface area contributed by atoms with Crippen LogP contribution in [0.15, 0.2) is 47.2 Å². The van der Waals surface area contributed by atoms with Crippen LogP contribution in [0.2, 0.25) is 0 Å². The van der Waals surface area contributed by atoms with E-state index in [4.69, 9.17) is 0 Å². The quantitative estimate of drug-likeness (QED) is 0.753. The zero-order valence-electron chi connectivity index (χ0n) is 12.8. The molecule has 1 N–H and O–H groups in total. The van der Waals surface area contributed by atoms with Crippen molar-refractivity contribution in [2.24, 2.45) is 0 Å². The van der Waals surface area contributed by atoms with Gasteiger partial charge in [0.2, 0.25) is 0 Å². The topological polar surface area (TPSA) is 53.4 Å². The summed E-state index contributed by atoms with van der Waals surface area (Å²) in [5.41, 5.74) is 1.14. The molecule has 0 saturated heterocycles. The van der Waals surface area contributed by atoms with Crippen molar-refractivity contribution in [3.8, 4) is 9.88 Å². The first-order valence-corrected chi connectivity index (χ1v) is 8.97. The van der Waals surface area contributed by atoms with Crippen molar-refractivity contribution < 1.29 is 14.3 Å². The number of halogens is 1. The summed E-state index contributed by atoms with van der Waals surface area (Å²) in [5, 5.41) is 15.0. The first kappa shape index (κ1) is 16.8. The van der Waals surface area contributed by atoms with E-state index in [0.29, 0.717) is 12.1 Å². The van der Waals surface area contributed by atoms with Gasteiger partial charge in [-0.1, -0.05) is 18.2 Å². The molecule has 0 spiro atoms. The van der Waals surface area contributed by atoms with Crippen LogP contribution < -0.4 is 0 Å². The largest absolute Gasteiger partial charge is 0.378 e. The van der Waals surface area contributed by atoms with Crippen LogP contribution in [-0.4, -0.2) is 27.9 Å². The molecule has 3 rings (SSSR count). The van der Waals surface area contributed by atoms with E-state index < -0.39 is 17.8 Å². The molecule has 2 aromatic heterocycles. The maximum atomic E-state index is 12.9. The van der Waals surface area contributed by atoms with Gasteiger partial charge in [0.15, 0.2) is 6.10 Å². The van der Waals surface area contributed by atoms with E-state index in [1.54, 1.807) is 18.4 Å². The fraction of sp³-hybridized carbons (Fsp3) is 0.176. The van der Waals surface area contributed by atoms with Crippen LogP contribution in [0, 0.1) is 5.82 Å². The zero-order valence-corrected chi connectivity index (χ0v) is 14.5. The second kappa shape index (κ2) is 7.21. The molecule has 1 unspecified atom stereocenters. The Bertz CT molecular complexity index is 816. The Morgan fingerprint density at radius 3 is 2.71 bits per heavy atom. The minimum Gasteiger partial charge on any atom is -0.378 e. The Morgan fingerprint density at radius 1 is 1.29 bits per heavy atom. The third-order valence-electron chi connectivity index (χ3n) is 3.48. The number of aliphatic hydroxyl groups is 1. The summed E-state index contributed by atoms with van der Waals surface area (Å²) in [7, 11) is 1.61. The number of aliphatic hydroxyl groups excluding tert-OH is 1. The third kappa shape index (κ3) is 3.69. The molecule has 0 aliphatic rings. The molecule has 1 atom stereocenters. The average Bonchev–Trinajstić information content (AvgIpc) is 3.25. The maximum Gasteiger partial charge on any atom is 0.256 e. The van der Waals surface area contributed by atoms with Crippen LogP contribution in [0.3, 0.4) is 0 Å². The highest BCUT2D eigenvalue weighted by Gasteiger charge is 2.22. The predicted molar refractivity (Wildman–Crippen MR) is 93.3 cm³/mol. The highest BCUT2D eigenvalue weighted by molar-refractivity contribution is 7.20. The number of thiophene rings is 1. The van der Waals surface area contributed by atoms with Gasteiger partial charge in [-0.05, 0) is 29.1 Å². The Balaban J connectivity index is 1.66. The van der Waals surface area contributed by atoms with Crippen molar-refractivity contribution in [1.82, 2.24) is 9.88 Å². The lowest BCUT2D eigenvalue weighted by Gasteiger charge is -2.20. The summed E-state index contributed by atoms with van der Waals surface area (Å²) < 4.78 is 12.9. The minimum absolute atomic E-state index is 0.305. The molecule has 0 bridgehead atoms. The molecule has 0 aliphatic carbocycles. The summed E-state index contributed by atoms with van der Waals surface area (Å²) in [6.07, 6.45) is -1.31. The summed E-state index contributed by atoms with van der Waals surface area (Å²) in [6.45, 7) is 0.305. The Hall–Kier alpha value is -2.09. The summed E-state index contributed by atoms with van der Waals surface area (Å²) in [4.78, 5) is 19.4. The monoisotopic (exact) mass is 362 g/mol. The van der Waals surface area contributed by atoms with Gasteiger partial charge in [-0.2, -0.15) is 0 Å². The van der Waals surface area contributed by atoms with Gasteiger partial charge in [-0.3, -0.25) is 4.79 Å². The second-order valence-corrected chi connectivity index (χ2v) is 7.08. The average molecular weight is 362 g/mol. The normalized spacial score (nSPS) is 12.1. The van der Waals surface area contributed by atoms with E-state index in [1.165, 1.54) is 40.5 Å². The minimum atomic E-state index is -1.31. The molecule has 3 aromatic rings. The van der Waals surface area contributed by atoms with Crippen LogP contribution in [0.1, 0.15) is 17.4 Å². The van der Waals surface area contributed by atoms with Crippen molar-refractivity contribution in [3.05, 3.63) is 64.2 Å². The van der Waals surface area contributed by atoms with E-state index in [-0.39, 0.29) is 0 Å². The SMILES string of the molecule is CN(Cc1csc(-c2cccs2)n1)C(=O)C(O)c1ccc(F)cc1. The number of amides is 1. The second-order valence-electron chi connectivity index (χ2n) is 5.27. The molecule has 24 heavy (non-hydrogen) atoms. The van der Waals surface area contributed by atoms with Gasteiger partial charge in [-0.25, -0.2) is 9.37 Å². The van der Waals surface area contributed by atoms with Gasteiger partial charge in [-0.15, -0.1) is 22.7 Å². The molecule has 0 fully saturated rings. The number of nitrogens with zero attached hydrogens (tertiary/aromatic N) is 2. The van der Waals surface area contributed by atoms with E-state index in [0.717, 1.165) is 15.6 Å². The van der Waals surface area contributed by atoms with Crippen LogP contribution in [0.5, 0.6) is 0 Å². The standard InChI is InChI=1S/C17H15FN2O2S2/c1-20(17(22)15(21)11-4-6-12(18)7-5-11)9-13-10-24-16(19-13)14-3-2-8-23-14/h2-8,10,15,21H,9H2,1H3. The van der Waals surface area contributed by atoms with Crippen LogP contribution in [-0.2, 0) is 11.3 Å². The molecule has 0 aliphatic heterocycles. The molecule has 0 radical (unpaired) electrons. The molecule has 0 saturated carbocycles. The fourth-order valence-corrected chi connectivity index (χ4v) is 3.84. The molecule has 1 aromatic carbocycles. The number of thiazole rings is 1. The van der Waals surface area contributed by atoms with Crippen LogP contribution in [0.4, 0.5) is 4.39 Å². The van der Waals surface area contributed by atoms with E-state index in [2.05, 4.69) is 4.98 Å². The summed E-state index contributed by atoms with van der Waals surface area (Å²) in [6, 6.07) is 9.22. The Labute approximate surface area is 146 Å². The molecular weight excluding hydrogens is 347 g/mol. The number of hydrogen-bond donors (Lipinski definition) is 1. The highest BCUT2D eigenvalue weighted by Crippen LogP contribution is 2.28. The van der Waals surface area contributed by atoms with Gasteiger partial charge in [0.05, 0.1) is 17.1 Å².